The highest BCUT2D eigenvalue weighted by molar-refractivity contribution is 5.85. The van der Waals surface area contributed by atoms with Crippen LogP contribution in [0.5, 0.6) is 0 Å². The van der Waals surface area contributed by atoms with E-state index in [0.717, 1.165) is 5.56 Å². The van der Waals surface area contributed by atoms with Crippen LogP contribution in [0.25, 0.3) is 0 Å². The molecule has 0 spiro atoms. The van der Waals surface area contributed by atoms with Crippen LogP contribution in [0.2, 0.25) is 0 Å². The molecule has 0 aliphatic rings. The summed E-state index contributed by atoms with van der Waals surface area (Å²) in [7, 11) is 0. The monoisotopic (exact) mass is 191 g/mol. The van der Waals surface area contributed by atoms with Crippen LogP contribution in [0.4, 0.5) is 0 Å². The lowest BCUT2D eigenvalue weighted by Gasteiger charge is -1.94. The van der Waals surface area contributed by atoms with Gasteiger partial charge in [-0.3, -0.25) is 11.7 Å². The average molecular weight is 192 g/mol. The minimum absolute atomic E-state index is 0. The van der Waals surface area contributed by atoms with Crippen molar-refractivity contribution in [2.45, 2.75) is 6.54 Å². The van der Waals surface area contributed by atoms with E-state index in [1.165, 1.54) is 0 Å². The predicted octanol–water partition coefficient (Wildman–Crippen LogP) is 0.406. The normalized spacial score (nSPS) is 7.58. The van der Waals surface area contributed by atoms with Crippen LogP contribution in [0, 0.1) is 0 Å². The molecular weight excluding hydrogens is 178 g/mol. The van der Waals surface area contributed by atoms with Gasteiger partial charge in [0, 0.05) is 6.54 Å². The molecule has 0 bridgehead atoms. The standard InChI is InChI=1S/C7H9NO.ClH.H4N2/c9-8-6-7-4-2-1-3-5-7;;1-2/h1-5,8-9H,6H2;1H;1-2H2. The number of rotatable bonds is 2. The van der Waals surface area contributed by atoms with Gasteiger partial charge >= 0.3 is 0 Å². The quantitative estimate of drug-likeness (QED) is 0.403. The summed E-state index contributed by atoms with van der Waals surface area (Å²) >= 11 is 0. The Morgan fingerprint density at radius 1 is 1.17 bits per heavy atom. The van der Waals surface area contributed by atoms with Crippen LogP contribution in [-0.4, -0.2) is 5.21 Å². The van der Waals surface area contributed by atoms with Crippen molar-refractivity contribution in [1.29, 1.82) is 0 Å². The molecule has 0 aromatic heterocycles. The van der Waals surface area contributed by atoms with Crippen LogP contribution in [0.1, 0.15) is 5.56 Å². The number of hydroxylamine groups is 1. The first-order valence-corrected chi connectivity index (χ1v) is 3.17. The Balaban J connectivity index is 0. The van der Waals surface area contributed by atoms with E-state index >= 15 is 0 Å². The van der Waals surface area contributed by atoms with Crippen LogP contribution >= 0.6 is 12.4 Å². The number of hydrazine groups is 1. The molecule has 1 rings (SSSR count). The van der Waals surface area contributed by atoms with E-state index in [2.05, 4.69) is 17.2 Å². The number of nitrogens with one attached hydrogen (secondary N) is 1. The van der Waals surface area contributed by atoms with Crippen molar-refractivity contribution in [3.05, 3.63) is 35.9 Å². The number of hydrogen-bond acceptors (Lipinski definition) is 4. The fraction of sp³-hybridized carbons (Fsp3) is 0.143. The zero-order chi connectivity index (χ0) is 8.53. The fourth-order valence-corrected chi connectivity index (χ4v) is 0.687. The van der Waals surface area contributed by atoms with Crippen molar-refractivity contribution in [2.24, 2.45) is 11.7 Å². The third kappa shape index (κ3) is 6.09. The lowest BCUT2D eigenvalue weighted by Crippen LogP contribution is -2.05. The average Bonchev–Trinajstić information content (AvgIpc) is 2.11. The molecule has 70 valence electrons. The van der Waals surface area contributed by atoms with E-state index in [-0.39, 0.29) is 12.4 Å². The van der Waals surface area contributed by atoms with Gasteiger partial charge in [0.2, 0.25) is 0 Å². The van der Waals surface area contributed by atoms with Crippen LogP contribution in [0.3, 0.4) is 0 Å². The van der Waals surface area contributed by atoms with Gasteiger partial charge in [-0.1, -0.05) is 30.3 Å². The van der Waals surface area contributed by atoms with Crippen LogP contribution < -0.4 is 17.2 Å². The molecule has 5 heteroatoms. The predicted molar refractivity (Wildman–Crippen MR) is 50.7 cm³/mol. The summed E-state index contributed by atoms with van der Waals surface area (Å²) in [5, 5.41) is 8.27. The highest BCUT2D eigenvalue weighted by atomic mass is 35.5. The van der Waals surface area contributed by atoms with Gasteiger partial charge < -0.3 is 5.21 Å². The third-order valence-corrected chi connectivity index (χ3v) is 1.13. The first kappa shape index (κ1) is 13.9. The summed E-state index contributed by atoms with van der Waals surface area (Å²) in [6.45, 7) is 0.515. The maximum absolute atomic E-state index is 8.27. The van der Waals surface area contributed by atoms with Gasteiger partial charge in [0.15, 0.2) is 0 Å². The van der Waals surface area contributed by atoms with Crippen molar-refractivity contribution in [1.82, 2.24) is 5.48 Å². The molecule has 0 aliphatic heterocycles. The first-order valence-electron chi connectivity index (χ1n) is 3.17. The van der Waals surface area contributed by atoms with Gasteiger partial charge in [-0.15, -0.1) is 12.4 Å². The van der Waals surface area contributed by atoms with E-state index in [4.69, 9.17) is 5.21 Å². The molecule has 0 saturated heterocycles. The second-order valence-corrected chi connectivity index (χ2v) is 1.82. The van der Waals surface area contributed by atoms with Gasteiger partial charge in [-0.25, -0.2) is 5.48 Å². The lowest BCUT2D eigenvalue weighted by atomic mass is 10.2. The smallest absolute Gasteiger partial charge is 0.0458 e. The Morgan fingerprint density at radius 3 is 2.08 bits per heavy atom. The molecule has 0 unspecified atom stereocenters. The summed E-state index contributed by atoms with van der Waals surface area (Å²) in [5.41, 5.74) is 3.17. The summed E-state index contributed by atoms with van der Waals surface area (Å²) in [6.07, 6.45) is 0. The molecule has 1 aromatic rings. The topological polar surface area (TPSA) is 84.3 Å². The van der Waals surface area contributed by atoms with E-state index < -0.39 is 0 Å². The molecular formula is C7H14ClN3O. The molecule has 0 heterocycles. The zero-order valence-electron chi connectivity index (χ0n) is 6.60. The van der Waals surface area contributed by atoms with Gasteiger partial charge in [0.05, 0.1) is 0 Å². The van der Waals surface area contributed by atoms with E-state index in [9.17, 15) is 0 Å². The fourth-order valence-electron chi connectivity index (χ4n) is 0.687. The number of hydrogen-bond donors (Lipinski definition) is 4. The first-order chi connectivity index (χ1) is 5.43. The minimum atomic E-state index is 0. The number of halogens is 1. The highest BCUT2D eigenvalue weighted by Crippen LogP contribution is 1.95. The maximum Gasteiger partial charge on any atom is 0.0458 e. The Labute approximate surface area is 77.9 Å². The Hall–Kier alpha value is -0.650. The summed E-state index contributed by atoms with van der Waals surface area (Å²) in [6, 6.07) is 9.71. The van der Waals surface area contributed by atoms with Crippen molar-refractivity contribution in [3.63, 3.8) is 0 Å². The van der Waals surface area contributed by atoms with Gasteiger partial charge in [0.1, 0.15) is 0 Å². The van der Waals surface area contributed by atoms with Gasteiger partial charge in [0.25, 0.3) is 0 Å². The van der Waals surface area contributed by atoms with Crippen molar-refractivity contribution in [3.8, 4) is 0 Å². The Bertz CT molecular complexity index is 172. The highest BCUT2D eigenvalue weighted by Gasteiger charge is 1.84. The van der Waals surface area contributed by atoms with Crippen molar-refractivity contribution < 1.29 is 5.21 Å². The zero-order valence-corrected chi connectivity index (χ0v) is 7.42. The summed E-state index contributed by atoms with van der Waals surface area (Å²) < 4.78 is 0. The molecule has 0 amide bonds. The maximum atomic E-state index is 8.27. The summed E-state index contributed by atoms with van der Waals surface area (Å²) in [4.78, 5) is 0. The molecule has 0 atom stereocenters. The van der Waals surface area contributed by atoms with E-state index in [1.54, 1.807) is 0 Å². The minimum Gasteiger partial charge on any atom is -0.316 e. The molecule has 0 radical (unpaired) electrons. The van der Waals surface area contributed by atoms with Crippen LogP contribution in [-0.2, 0) is 6.54 Å². The molecule has 1 aromatic carbocycles. The van der Waals surface area contributed by atoms with E-state index in [1.807, 2.05) is 30.3 Å². The number of benzene rings is 1. The SMILES string of the molecule is Cl.NN.ONCc1ccccc1. The van der Waals surface area contributed by atoms with Crippen LogP contribution in [0.15, 0.2) is 30.3 Å². The molecule has 0 fully saturated rings. The molecule has 0 aliphatic carbocycles. The van der Waals surface area contributed by atoms with Crippen molar-refractivity contribution in [2.75, 3.05) is 0 Å². The lowest BCUT2D eigenvalue weighted by molar-refractivity contribution is 0.161. The van der Waals surface area contributed by atoms with Gasteiger partial charge in [-0.05, 0) is 5.56 Å². The van der Waals surface area contributed by atoms with Gasteiger partial charge in [-0.2, -0.15) is 0 Å². The Kier molecular flexibility index (Phi) is 12.0. The molecule has 6 N–H and O–H groups in total. The Morgan fingerprint density at radius 2 is 1.67 bits per heavy atom. The third-order valence-electron chi connectivity index (χ3n) is 1.13. The second-order valence-electron chi connectivity index (χ2n) is 1.82. The largest absolute Gasteiger partial charge is 0.316 e. The molecule has 12 heavy (non-hydrogen) atoms. The van der Waals surface area contributed by atoms with Crippen molar-refractivity contribution >= 4 is 12.4 Å². The molecule has 4 nitrogen and oxygen atoms in total. The number of nitrogens with two attached hydrogens (primary N) is 2. The summed E-state index contributed by atoms with van der Waals surface area (Å²) in [5.74, 6) is 8.00. The van der Waals surface area contributed by atoms with E-state index in [0.29, 0.717) is 6.54 Å². The molecule has 0 saturated carbocycles. The second kappa shape index (κ2) is 10.3.